The summed E-state index contributed by atoms with van der Waals surface area (Å²) in [4.78, 5) is 1.87. The van der Waals surface area contributed by atoms with Crippen molar-refractivity contribution in [3.05, 3.63) is 18.2 Å². The highest BCUT2D eigenvalue weighted by atomic mass is 19.4. The quantitative estimate of drug-likeness (QED) is 0.927. The Morgan fingerprint density at radius 2 is 1.73 bits per heavy atom. The number of hydrogen-bond donors (Lipinski definition) is 1. The largest absolute Gasteiger partial charge is 0.497 e. The molecule has 0 spiro atoms. The number of methoxy groups -OCH3 is 2. The topological polar surface area (TPSA) is 47.7 Å². The molecule has 7 heteroatoms. The number of halogens is 3. The van der Waals surface area contributed by atoms with Gasteiger partial charge in [0.05, 0.1) is 14.2 Å². The monoisotopic (exact) mass is 318 g/mol. The zero-order valence-electron chi connectivity index (χ0n) is 12.7. The van der Waals surface area contributed by atoms with E-state index in [0.717, 1.165) is 5.69 Å². The molecule has 0 amide bonds. The maximum absolute atomic E-state index is 12.6. The van der Waals surface area contributed by atoms with E-state index in [1.165, 1.54) is 14.2 Å². The van der Waals surface area contributed by atoms with E-state index >= 15 is 0 Å². The van der Waals surface area contributed by atoms with Gasteiger partial charge in [-0.15, -0.1) is 0 Å². The lowest BCUT2D eigenvalue weighted by atomic mass is 9.91. The third-order valence-corrected chi connectivity index (χ3v) is 3.79. The molecule has 22 heavy (non-hydrogen) atoms. The Morgan fingerprint density at radius 3 is 2.23 bits per heavy atom. The maximum Gasteiger partial charge on any atom is 0.389 e. The van der Waals surface area contributed by atoms with Crippen LogP contribution in [0.3, 0.4) is 0 Å². The lowest BCUT2D eigenvalue weighted by molar-refractivity contribution is -0.145. The Balaban J connectivity index is 2.20. The van der Waals surface area contributed by atoms with Crippen LogP contribution in [0.5, 0.6) is 11.5 Å². The number of benzene rings is 1. The number of rotatable bonds is 4. The second kappa shape index (κ2) is 6.64. The average Bonchev–Trinajstić information content (AvgIpc) is 2.44. The van der Waals surface area contributed by atoms with Crippen molar-refractivity contribution in [1.82, 2.24) is 0 Å². The number of ether oxygens (including phenoxy) is 2. The molecule has 1 aliphatic heterocycles. The predicted molar refractivity (Wildman–Crippen MR) is 78.5 cm³/mol. The third-order valence-electron chi connectivity index (χ3n) is 3.79. The van der Waals surface area contributed by atoms with Crippen LogP contribution >= 0.6 is 0 Å². The van der Waals surface area contributed by atoms with E-state index < -0.39 is 18.5 Å². The van der Waals surface area contributed by atoms with Crippen LogP contribution in [0.25, 0.3) is 0 Å². The molecule has 2 N–H and O–H groups in total. The summed E-state index contributed by atoms with van der Waals surface area (Å²) in [5.41, 5.74) is 6.70. The van der Waals surface area contributed by atoms with Crippen LogP contribution in [0.15, 0.2) is 18.2 Å². The Kier molecular flexibility index (Phi) is 5.05. The first-order chi connectivity index (χ1) is 10.3. The number of nitrogens with zero attached hydrogens (tertiary/aromatic N) is 1. The van der Waals surface area contributed by atoms with Crippen LogP contribution in [0.1, 0.15) is 12.8 Å². The fourth-order valence-corrected chi connectivity index (χ4v) is 2.91. The molecule has 2 unspecified atom stereocenters. The number of alkyl halides is 3. The molecule has 1 aliphatic rings. The van der Waals surface area contributed by atoms with Crippen molar-refractivity contribution in [1.29, 1.82) is 0 Å². The first-order valence-electron chi connectivity index (χ1n) is 7.11. The normalized spacial score (nSPS) is 22.5. The minimum Gasteiger partial charge on any atom is -0.497 e. The zero-order chi connectivity index (χ0) is 16.3. The van der Waals surface area contributed by atoms with Gasteiger partial charge in [0.15, 0.2) is 0 Å². The lowest BCUT2D eigenvalue weighted by Gasteiger charge is -2.38. The summed E-state index contributed by atoms with van der Waals surface area (Å²) < 4.78 is 48.3. The van der Waals surface area contributed by atoms with Crippen LogP contribution in [0, 0.1) is 5.92 Å². The van der Waals surface area contributed by atoms with Gasteiger partial charge in [0.25, 0.3) is 0 Å². The maximum atomic E-state index is 12.6. The number of hydrogen-bond acceptors (Lipinski definition) is 4. The highest BCUT2D eigenvalue weighted by molar-refractivity contribution is 5.56. The molecule has 1 saturated heterocycles. The van der Waals surface area contributed by atoms with Crippen molar-refractivity contribution in [2.24, 2.45) is 11.7 Å². The molecule has 0 aliphatic carbocycles. The molecule has 0 aromatic heterocycles. The molecule has 4 nitrogen and oxygen atoms in total. The fourth-order valence-electron chi connectivity index (χ4n) is 2.91. The van der Waals surface area contributed by atoms with Gasteiger partial charge in [0.2, 0.25) is 0 Å². The summed E-state index contributed by atoms with van der Waals surface area (Å²) in [6.45, 7) is 0.841. The van der Waals surface area contributed by atoms with Crippen molar-refractivity contribution in [2.45, 2.75) is 25.1 Å². The zero-order valence-corrected chi connectivity index (χ0v) is 12.7. The highest BCUT2D eigenvalue weighted by Gasteiger charge is 2.36. The van der Waals surface area contributed by atoms with Crippen molar-refractivity contribution in [2.75, 3.05) is 32.2 Å². The van der Waals surface area contributed by atoms with Crippen LogP contribution < -0.4 is 20.1 Å². The Hall–Kier alpha value is -1.63. The Labute approximate surface area is 128 Å². The van der Waals surface area contributed by atoms with E-state index in [1.807, 2.05) is 4.90 Å². The SMILES string of the molecule is COc1cc(OC)cc(N2CC(N)CC(CC(F)(F)F)C2)c1. The average molecular weight is 318 g/mol. The smallest absolute Gasteiger partial charge is 0.389 e. The first kappa shape index (κ1) is 16.7. The fraction of sp³-hybridized carbons (Fsp3) is 0.600. The van der Waals surface area contributed by atoms with E-state index in [4.69, 9.17) is 15.2 Å². The lowest BCUT2D eigenvalue weighted by Crippen LogP contribution is -2.48. The summed E-state index contributed by atoms with van der Waals surface area (Å²) in [6, 6.07) is 5.01. The van der Waals surface area contributed by atoms with Gasteiger partial charge in [0.1, 0.15) is 11.5 Å². The third kappa shape index (κ3) is 4.43. The van der Waals surface area contributed by atoms with Gasteiger partial charge in [-0.3, -0.25) is 0 Å². The van der Waals surface area contributed by atoms with Crippen LogP contribution in [-0.2, 0) is 0 Å². The minimum atomic E-state index is -4.17. The summed E-state index contributed by atoms with van der Waals surface area (Å²) in [5.74, 6) is 0.697. The summed E-state index contributed by atoms with van der Waals surface area (Å²) in [6.07, 6.45) is -4.59. The summed E-state index contributed by atoms with van der Waals surface area (Å²) >= 11 is 0. The van der Waals surface area contributed by atoms with Gasteiger partial charge in [-0.05, 0) is 12.3 Å². The molecule has 124 valence electrons. The molecule has 0 bridgehead atoms. The first-order valence-corrected chi connectivity index (χ1v) is 7.11. The van der Waals surface area contributed by atoms with E-state index in [9.17, 15) is 13.2 Å². The van der Waals surface area contributed by atoms with Gasteiger partial charge in [-0.2, -0.15) is 13.2 Å². The van der Waals surface area contributed by atoms with Crippen molar-refractivity contribution >= 4 is 5.69 Å². The minimum absolute atomic E-state index is 0.279. The van der Waals surface area contributed by atoms with Gasteiger partial charge in [0, 0.05) is 49.4 Å². The second-order valence-corrected chi connectivity index (χ2v) is 5.66. The molecule has 0 radical (unpaired) electrons. The van der Waals surface area contributed by atoms with Crippen LogP contribution in [-0.4, -0.2) is 39.5 Å². The molecule has 2 rings (SSSR count). The van der Waals surface area contributed by atoms with Crippen molar-refractivity contribution < 1.29 is 22.6 Å². The number of anilines is 1. The molecule has 1 aromatic carbocycles. The Bertz CT molecular complexity index is 486. The van der Waals surface area contributed by atoms with Crippen molar-refractivity contribution in [3.8, 4) is 11.5 Å². The van der Waals surface area contributed by atoms with Gasteiger partial charge in [-0.1, -0.05) is 0 Å². The van der Waals surface area contributed by atoms with E-state index in [2.05, 4.69) is 0 Å². The Morgan fingerprint density at radius 1 is 1.14 bits per heavy atom. The van der Waals surface area contributed by atoms with Gasteiger partial charge < -0.3 is 20.1 Å². The predicted octanol–water partition coefficient (Wildman–Crippen LogP) is 2.81. The van der Waals surface area contributed by atoms with Gasteiger partial charge >= 0.3 is 6.18 Å². The second-order valence-electron chi connectivity index (χ2n) is 5.66. The summed E-state index contributed by atoms with van der Waals surface area (Å²) in [7, 11) is 3.07. The van der Waals surface area contributed by atoms with Crippen LogP contribution in [0.2, 0.25) is 0 Å². The molecule has 1 fully saturated rings. The molecule has 2 atom stereocenters. The molecule has 1 aromatic rings. The molecule has 1 heterocycles. The highest BCUT2D eigenvalue weighted by Crippen LogP contribution is 2.34. The van der Waals surface area contributed by atoms with E-state index in [1.54, 1.807) is 18.2 Å². The van der Waals surface area contributed by atoms with E-state index in [-0.39, 0.29) is 6.04 Å². The van der Waals surface area contributed by atoms with E-state index in [0.29, 0.717) is 31.0 Å². The molecule has 0 saturated carbocycles. The van der Waals surface area contributed by atoms with Gasteiger partial charge in [-0.25, -0.2) is 0 Å². The number of nitrogens with two attached hydrogens (primary N) is 1. The van der Waals surface area contributed by atoms with Crippen molar-refractivity contribution in [3.63, 3.8) is 0 Å². The molecular weight excluding hydrogens is 297 g/mol. The summed E-state index contributed by atoms with van der Waals surface area (Å²) in [5, 5.41) is 0. The number of piperidine rings is 1. The van der Waals surface area contributed by atoms with Crippen LogP contribution in [0.4, 0.5) is 18.9 Å². The molecular formula is C15H21F3N2O2. The standard InChI is InChI=1S/C15H21F3N2O2/c1-21-13-4-12(5-14(6-13)22-2)20-8-10(3-11(19)9-20)7-15(16,17)18/h4-6,10-11H,3,7-9,19H2,1-2H3.